The average Bonchev–Trinajstić information content (AvgIpc) is 2.34. The monoisotopic (exact) mass is 233 g/mol. The number of hydrogen-bond acceptors (Lipinski definition) is 4. The number of aldehydes is 1. The number of nitrogens with zero attached hydrogens (tertiary/aromatic N) is 1. The fourth-order valence-electron chi connectivity index (χ4n) is 1.23. The first kappa shape index (κ1) is 12.6. The Bertz CT molecular complexity index is 477. The molecule has 0 unspecified atom stereocenters. The van der Waals surface area contributed by atoms with E-state index in [1.165, 1.54) is 25.3 Å². The van der Waals surface area contributed by atoms with Gasteiger partial charge < -0.3 is 4.74 Å². The summed E-state index contributed by atoms with van der Waals surface area (Å²) in [7, 11) is 1.38. The van der Waals surface area contributed by atoms with Crippen molar-refractivity contribution in [1.29, 1.82) is 0 Å². The van der Waals surface area contributed by atoms with E-state index in [1.807, 2.05) is 0 Å². The predicted molar refractivity (Wildman–Crippen MR) is 63.9 cm³/mol. The maximum absolute atomic E-state index is 10.8. The number of allylic oxidation sites excluding steroid dienone is 3. The van der Waals surface area contributed by atoms with Crippen molar-refractivity contribution >= 4 is 18.0 Å². The Balaban J connectivity index is 3.00. The lowest BCUT2D eigenvalue weighted by Gasteiger charge is -2.01. The molecule has 0 radical (unpaired) electrons. The van der Waals surface area contributed by atoms with Crippen molar-refractivity contribution in [3.05, 3.63) is 52.1 Å². The van der Waals surface area contributed by atoms with Crippen LogP contribution >= 0.6 is 0 Å². The third-order valence-electron chi connectivity index (χ3n) is 1.99. The van der Waals surface area contributed by atoms with Gasteiger partial charge in [0, 0.05) is 6.07 Å². The molecule has 0 aliphatic carbocycles. The summed E-state index contributed by atoms with van der Waals surface area (Å²) in [6.45, 7) is 0. The standard InChI is InChI=1S/C12H11NO4/c1-17-12-7-6-10(5-3-2-4-8-14)9-11(12)13(15)16/h2-9H,1H3/b4-2+,5-3+. The molecule has 0 bridgehead atoms. The van der Waals surface area contributed by atoms with Gasteiger partial charge in [0.05, 0.1) is 12.0 Å². The Hall–Kier alpha value is -2.43. The van der Waals surface area contributed by atoms with Crippen molar-refractivity contribution in [2.45, 2.75) is 0 Å². The van der Waals surface area contributed by atoms with Crippen molar-refractivity contribution in [3.8, 4) is 5.75 Å². The van der Waals surface area contributed by atoms with Crippen LogP contribution in [0.4, 0.5) is 5.69 Å². The van der Waals surface area contributed by atoms with Gasteiger partial charge in [-0.15, -0.1) is 0 Å². The molecule has 0 aromatic heterocycles. The molecule has 5 nitrogen and oxygen atoms in total. The predicted octanol–water partition coefficient (Wildman–Crippen LogP) is 2.37. The lowest BCUT2D eigenvalue weighted by molar-refractivity contribution is -0.385. The van der Waals surface area contributed by atoms with Crippen molar-refractivity contribution in [3.63, 3.8) is 0 Å². The summed E-state index contributed by atoms with van der Waals surface area (Å²) in [5, 5.41) is 10.8. The van der Waals surface area contributed by atoms with E-state index >= 15 is 0 Å². The molecule has 17 heavy (non-hydrogen) atoms. The van der Waals surface area contributed by atoms with Crippen LogP contribution in [-0.4, -0.2) is 18.3 Å². The Morgan fingerprint density at radius 2 is 2.06 bits per heavy atom. The Kier molecular flexibility index (Phi) is 4.62. The van der Waals surface area contributed by atoms with Crippen molar-refractivity contribution in [2.24, 2.45) is 0 Å². The van der Waals surface area contributed by atoms with Gasteiger partial charge >= 0.3 is 5.69 Å². The van der Waals surface area contributed by atoms with Crippen LogP contribution < -0.4 is 4.74 Å². The SMILES string of the molecule is COc1ccc(/C=C/C=C/C=O)cc1[N+](=O)[O-]. The number of benzene rings is 1. The molecule has 0 amide bonds. The zero-order valence-electron chi connectivity index (χ0n) is 9.20. The van der Waals surface area contributed by atoms with Gasteiger partial charge in [-0.05, 0) is 17.7 Å². The summed E-state index contributed by atoms with van der Waals surface area (Å²) >= 11 is 0. The second kappa shape index (κ2) is 6.22. The number of hydrogen-bond donors (Lipinski definition) is 0. The van der Waals surface area contributed by atoms with Gasteiger partial charge in [0.2, 0.25) is 0 Å². The van der Waals surface area contributed by atoms with Crippen LogP contribution in [0.1, 0.15) is 5.56 Å². The molecule has 0 atom stereocenters. The highest BCUT2D eigenvalue weighted by Crippen LogP contribution is 2.27. The molecule has 1 rings (SSSR count). The zero-order valence-corrected chi connectivity index (χ0v) is 9.20. The highest BCUT2D eigenvalue weighted by molar-refractivity contribution is 5.66. The highest BCUT2D eigenvalue weighted by Gasteiger charge is 2.13. The molecule has 0 saturated carbocycles. The third kappa shape index (κ3) is 3.57. The molecule has 0 N–H and O–H groups in total. The normalized spacial score (nSPS) is 10.9. The summed E-state index contributed by atoms with van der Waals surface area (Å²) in [5.41, 5.74) is 0.571. The minimum Gasteiger partial charge on any atom is -0.490 e. The van der Waals surface area contributed by atoms with E-state index in [9.17, 15) is 14.9 Å². The van der Waals surface area contributed by atoms with Gasteiger partial charge in [-0.1, -0.05) is 24.3 Å². The van der Waals surface area contributed by atoms with Crippen LogP contribution in [0.25, 0.3) is 6.08 Å². The van der Waals surface area contributed by atoms with E-state index in [4.69, 9.17) is 4.74 Å². The van der Waals surface area contributed by atoms with E-state index in [1.54, 1.807) is 24.3 Å². The molecule has 88 valence electrons. The van der Waals surface area contributed by atoms with Crippen molar-refractivity contribution in [1.82, 2.24) is 0 Å². The lowest BCUT2D eigenvalue weighted by Crippen LogP contribution is -1.93. The van der Waals surface area contributed by atoms with E-state index < -0.39 is 4.92 Å². The quantitative estimate of drug-likeness (QED) is 0.257. The maximum atomic E-state index is 10.8. The van der Waals surface area contributed by atoms with Crippen LogP contribution in [0.2, 0.25) is 0 Å². The molecular weight excluding hydrogens is 222 g/mol. The number of methoxy groups -OCH3 is 1. The number of nitro benzene ring substituents is 1. The van der Waals surface area contributed by atoms with Crippen molar-refractivity contribution in [2.75, 3.05) is 7.11 Å². The van der Waals surface area contributed by atoms with Crippen LogP contribution in [0, 0.1) is 10.1 Å². The van der Waals surface area contributed by atoms with E-state index in [-0.39, 0.29) is 11.4 Å². The van der Waals surface area contributed by atoms with Crippen molar-refractivity contribution < 1.29 is 14.5 Å². The molecule has 0 fully saturated rings. The van der Waals surface area contributed by atoms with Crippen LogP contribution in [0.15, 0.2) is 36.4 Å². The number of ether oxygens (including phenoxy) is 1. The van der Waals surface area contributed by atoms with Gasteiger partial charge in [-0.3, -0.25) is 14.9 Å². The van der Waals surface area contributed by atoms with Gasteiger partial charge in [-0.25, -0.2) is 0 Å². The smallest absolute Gasteiger partial charge is 0.311 e. The summed E-state index contributed by atoms with van der Waals surface area (Å²) < 4.78 is 4.88. The first-order chi connectivity index (χ1) is 8.19. The van der Waals surface area contributed by atoms with Crippen LogP contribution in [0.5, 0.6) is 5.75 Å². The minimum atomic E-state index is -0.503. The van der Waals surface area contributed by atoms with E-state index in [0.29, 0.717) is 11.8 Å². The van der Waals surface area contributed by atoms with E-state index in [2.05, 4.69) is 0 Å². The maximum Gasteiger partial charge on any atom is 0.311 e. The first-order valence-electron chi connectivity index (χ1n) is 4.80. The molecular formula is C12H11NO4. The number of nitro groups is 1. The van der Waals surface area contributed by atoms with Crippen LogP contribution in [-0.2, 0) is 4.79 Å². The highest BCUT2D eigenvalue weighted by atomic mass is 16.6. The number of rotatable bonds is 5. The fraction of sp³-hybridized carbons (Fsp3) is 0.0833. The summed E-state index contributed by atoms with van der Waals surface area (Å²) in [5.74, 6) is 0.218. The fourth-order valence-corrected chi connectivity index (χ4v) is 1.23. The summed E-state index contributed by atoms with van der Waals surface area (Å²) in [6.07, 6.45) is 6.81. The lowest BCUT2D eigenvalue weighted by atomic mass is 10.1. The molecule has 0 heterocycles. The third-order valence-corrected chi connectivity index (χ3v) is 1.99. The molecule has 0 spiro atoms. The molecule has 0 saturated heterocycles. The second-order valence-corrected chi connectivity index (χ2v) is 3.07. The topological polar surface area (TPSA) is 69.4 Å². The second-order valence-electron chi connectivity index (χ2n) is 3.07. The Morgan fingerprint density at radius 3 is 2.65 bits per heavy atom. The molecule has 0 aliphatic heterocycles. The minimum absolute atomic E-state index is 0.0889. The molecule has 5 heteroatoms. The Morgan fingerprint density at radius 1 is 1.29 bits per heavy atom. The van der Waals surface area contributed by atoms with Crippen LogP contribution in [0.3, 0.4) is 0 Å². The summed E-state index contributed by atoms with van der Waals surface area (Å²) in [6, 6.07) is 4.63. The zero-order chi connectivity index (χ0) is 12.7. The van der Waals surface area contributed by atoms with Gasteiger partial charge in [-0.2, -0.15) is 0 Å². The summed E-state index contributed by atoms with van der Waals surface area (Å²) in [4.78, 5) is 20.3. The number of carbonyl (C=O) groups is 1. The number of carbonyl (C=O) groups excluding carboxylic acids is 1. The Labute approximate surface area is 98.2 Å². The first-order valence-corrected chi connectivity index (χ1v) is 4.80. The molecule has 0 aliphatic rings. The van der Waals surface area contributed by atoms with Gasteiger partial charge in [0.15, 0.2) is 5.75 Å². The van der Waals surface area contributed by atoms with E-state index in [0.717, 1.165) is 0 Å². The largest absolute Gasteiger partial charge is 0.490 e. The van der Waals surface area contributed by atoms with Gasteiger partial charge in [0.1, 0.15) is 6.29 Å². The van der Waals surface area contributed by atoms with Gasteiger partial charge in [0.25, 0.3) is 0 Å². The average molecular weight is 233 g/mol. The molecule has 1 aromatic carbocycles. The molecule has 1 aromatic rings.